The third kappa shape index (κ3) is 7.04. The Balaban J connectivity index is 3.39. The molecule has 1 atom stereocenters. The molecular weight excluding hydrogens is 228 g/mol. The third-order valence-corrected chi connectivity index (χ3v) is 2.84. The molecule has 0 spiro atoms. The van der Waals surface area contributed by atoms with E-state index in [2.05, 4.69) is 40.9 Å². The second kappa shape index (κ2) is 8.52. The van der Waals surface area contributed by atoms with Crippen LogP contribution in [-0.2, 0) is 0 Å². The van der Waals surface area contributed by atoms with Crippen LogP contribution in [0.15, 0.2) is 0 Å². The summed E-state index contributed by atoms with van der Waals surface area (Å²) in [6.07, 6.45) is 4.39. The van der Waals surface area contributed by atoms with Gasteiger partial charge in [-0.3, -0.25) is 0 Å². The predicted molar refractivity (Wildman–Crippen MR) is 60.0 cm³/mol. The molecule has 0 bridgehead atoms. The number of hydrogen-bond acceptors (Lipinski definition) is 2. The molecule has 2 nitrogen and oxygen atoms in total. The normalized spacial score (nSPS) is 12.8. The largest absolute Gasteiger partial charge is 0.303 e. The van der Waals surface area contributed by atoms with Crippen molar-refractivity contribution in [2.24, 2.45) is 0 Å². The maximum Gasteiger partial charge on any atom is 0.0638 e. The van der Waals surface area contributed by atoms with E-state index in [4.69, 9.17) is 5.26 Å². The van der Waals surface area contributed by atoms with E-state index in [9.17, 15) is 0 Å². The van der Waals surface area contributed by atoms with E-state index in [1.807, 2.05) is 0 Å². The molecule has 0 heterocycles. The topological polar surface area (TPSA) is 27.0 Å². The molecule has 0 aliphatic heterocycles. The number of unbranched alkanes of at least 4 members (excludes halogenated alkanes) is 2. The Morgan fingerprint density at radius 1 is 1.38 bits per heavy atom. The fraction of sp³-hybridized carbons (Fsp3) is 0.900. The van der Waals surface area contributed by atoms with Crippen molar-refractivity contribution in [1.82, 2.24) is 4.90 Å². The van der Waals surface area contributed by atoms with Crippen molar-refractivity contribution in [2.75, 3.05) is 18.9 Å². The average Bonchev–Trinajstić information content (AvgIpc) is 2.12. The Morgan fingerprint density at radius 2 is 2.08 bits per heavy atom. The van der Waals surface area contributed by atoms with Crippen LogP contribution < -0.4 is 0 Å². The summed E-state index contributed by atoms with van der Waals surface area (Å²) in [5.74, 6) is 0. The van der Waals surface area contributed by atoms with Crippen LogP contribution in [0.1, 0.15) is 32.6 Å². The van der Waals surface area contributed by atoms with Gasteiger partial charge in [-0.25, -0.2) is 0 Å². The van der Waals surface area contributed by atoms with Crippen molar-refractivity contribution in [3.8, 4) is 6.07 Å². The Labute approximate surface area is 90.0 Å². The summed E-state index contributed by atoms with van der Waals surface area (Å²) in [6.45, 7) is 3.21. The first-order valence-electron chi connectivity index (χ1n) is 4.85. The molecule has 0 radical (unpaired) electrons. The van der Waals surface area contributed by atoms with Crippen LogP contribution >= 0.6 is 15.9 Å². The minimum Gasteiger partial charge on any atom is -0.303 e. The predicted octanol–water partition coefficient (Wildman–Crippen LogP) is 2.79. The average molecular weight is 247 g/mol. The maximum absolute atomic E-state index is 8.51. The van der Waals surface area contributed by atoms with Crippen LogP contribution in [0.2, 0.25) is 0 Å². The fourth-order valence-corrected chi connectivity index (χ4v) is 1.54. The maximum atomic E-state index is 8.51. The minimum atomic E-state index is 0.397. The highest BCUT2D eigenvalue weighted by molar-refractivity contribution is 9.09. The second-order valence-electron chi connectivity index (χ2n) is 3.44. The van der Waals surface area contributed by atoms with Gasteiger partial charge >= 0.3 is 0 Å². The molecular formula is C10H19BrN2. The van der Waals surface area contributed by atoms with Gasteiger partial charge in [-0.1, -0.05) is 22.4 Å². The molecule has 0 aromatic heterocycles. The van der Waals surface area contributed by atoms with Gasteiger partial charge in [-0.15, -0.1) is 0 Å². The molecule has 0 rings (SSSR count). The summed E-state index contributed by atoms with van der Waals surface area (Å²) < 4.78 is 0. The summed E-state index contributed by atoms with van der Waals surface area (Å²) in [5.41, 5.74) is 0. The molecule has 0 N–H and O–H groups in total. The zero-order chi connectivity index (χ0) is 10.1. The van der Waals surface area contributed by atoms with Gasteiger partial charge in [0, 0.05) is 11.4 Å². The van der Waals surface area contributed by atoms with Crippen LogP contribution in [0.25, 0.3) is 0 Å². The number of nitrogens with zero attached hydrogens (tertiary/aromatic N) is 2. The van der Waals surface area contributed by atoms with Crippen LogP contribution in [0, 0.1) is 11.3 Å². The molecule has 0 aromatic carbocycles. The molecule has 0 amide bonds. The number of nitriles is 1. The Morgan fingerprint density at radius 3 is 2.62 bits per heavy atom. The van der Waals surface area contributed by atoms with E-state index in [0.29, 0.717) is 12.5 Å². The summed E-state index contributed by atoms with van der Waals surface area (Å²) in [4.78, 5) is 2.26. The molecule has 3 heteroatoms. The van der Waals surface area contributed by atoms with Crippen molar-refractivity contribution in [3.05, 3.63) is 0 Å². The number of hydrogen-bond donors (Lipinski definition) is 0. The zero-order valence-electron chi connectivity index (χ0n) is 8.59. The highest BCUT2D eigenvalue weighted by atomic mass is 79.9. The van der Waals surface area contributed by atoms with Gasteiger partial charge in [0.2, 0.25) is 0 Å². The molecule has 76 valence electrons. The van der Waals surface area contributed by atoms with Gasteiger partial charge in [-0.05, 0) is 33.4 Å². The fourth-order valence-electron chi connectivity index (χ4n) is 1.14. The van der Waals surface area contributed by atoms with Crippen LogP contribution in [0.5, 0.6) is 0 Å². The molecule has 0 fully saturated rings. The minimum absolute atomic E-state index is 0.397. The second-order valence-corrected chi connectivity index (χ2v) is 4.23. The highest BCUT2D eigenvalue weighted by Gasteiger charge is 2.06. The van der Waals surface area contributed by atoms with E-state index in [1.54, 1.807) is 0 Å². The quantitative estimate of drug-likeness (QED) is 0.511. The summed E-state index contributed by atoms with van der Waals surface area (Å²) in [5, 5.41) is 9.61. The van der Waals surface area contributed by atoms with E-state index < -0.39 is 0 Å². The van der Waals surface area contributed by atoms with E-state index >= 15 is 0 Å². The third-order valence-electron chi connectivity index (χ3n) is 2.28. The Kier molecular flexibility index (Phi) is 8.48. The van der Waals surface area contributed by atoms with Gasteiger partial charge in [0.05, 0.1) is 12.5 Å². The molecule has 0 aliphatic rings. The van der Waals surface area contributed by atoms with Crippen molar-refractivity contribution >= 4 is 15.9 Å². The first-order chi connectivity index (χ1) is 6.22. The molecule has 13 heavy (non-hydrogen) atoms. The van der Waals surface area contributed by atoms with Crippen molar-refractivity contribution in [2.45, 2.75) is 38.6 Å². The van der Waals surface area contributed by atoms with Crippen LogP contribution in [-0.4, -0.2) is 29.9 Å². The molecule has 0 aliphatic carbocycles. The van der Waals surface area contributed by atoms with Gasteiger partial charge < -0.3 is 4.90 Å². The highest BCUT2D eigenvalue weighted by Crippen LogP contribution is 2.04. The van der Waals surface area contributed by atoms with Crippen LogP contribution in [0.3, 0.4) is 0 Å². The van der Waals surface area contributed by atoms with E-state index in [1.165, 1.54) is 19.3 Å². The lowest BCUT2D eigenvalue weighted by Crippen LogP contribution is -2.29. The first-order valence-corrected chi connectivity index (χ1v) is 5.97. The molecule has 1 unspecified atom stereocenters. The Bertz CT molecular complexity index is 153. The smallest absolute Gasteiger partial charge is 0.0638 e. The molecule has 0 aromatic rings. The van der Waals surface area contributed by atoms with Gasteiger partial charge in [0.15, 0.2) is 0 Å². The number of rotatable bonds is 7. The van der Waals surface area contributed by atoms with Gasteiger partial charge in [0.1, 0.15) is 0 Å². The van der Waals surface area contributed by atoms with Crippen LogP contribution in [0.4, 0.5) is 0 Å². The monoisotopic (exact) mass is 246 g/mol. The summed E-state index contributed by atoms with van der Waals surface area (Å²) >= 11 is 3.41. The number of halogens is 1. The Hall–Kier alpha value is -0.0700. The van der Waals surface area contributed by atoms with Crippen molar-refractivity contribution in [1.29, 1.82) is 5.26 Å². The van der Waals surface area contributed by atoms with Crippen molar-refractivity contribution in [3.63, 3.8) is 0 Å². The summed E-state index contributed by atoms with van der Waals surface area (Å²) in [6, 6.07) is 2.60. The zero-order valence-corrected chi connectivity index (χ0v) is 10.2. The molecule has 0 saturated carbocycles. The lowest BCUT2D eigenvalue weighted by Gasteiger charge is -2.22. The van der Waals surface area contributed by atoms with Gasteiger partial charge in [0.25, 0.3) is 0 Å². The number of alkyl halides is 1. The van der Waals surface area contributed by atoms with E-state index in [-0.39, 0.29) is 0 Å². The summed E-state index contributed by atoms with van der Waals surface area (Å²) in [7, 11) is 2.09. The molecule has 0 saturated heterocycles. The lowest BCUT2D eigenvalue weighted by atomic mass is 10.2. The first kappa shape index (κ1) is 12.9. The SMILES string of the molecule is CC(CC#N)N(C)CCCCCBr. The van der Waals surface area contributed by atoms with E-state index in [0.717, 1.165) is 11.9 Å². The lowest BCUT2D eigenvalue weighted by molar-refractivity contribution is 0.255. The van der Waals surface area contributed by atoms with Crippen molar-refractivity contribution < 1.29 is 0 Å². The van der Waals surface area contributed by atoms with Gasteiger partial charge in [-0.2, -0.15) is 5.26 Å². The standard InChI is InChI=1S/C10H19BrN2/c1-10(6-8-12)13(2)9-5-3-4-7-11/h10H,3-7,9H2,1-2H3.